The number of rotatable bonds is 7. The molecule has 0 saturated carbocycles. The van der Waals surface area contributed by atoms with Gasteiger partial charge in [-0.05, 0) is 71.7 Å². The van der Waals surface area contributed by atoms with Crippen LogP contribution in [0.5, 0.6) is 0 Å². The Morgan fingerprint density at radius 3 is 2.29 bits per heavy atom. The van der Waals surface area contributed by atoms with Gasteiger partial charge in [0, 0.05) is 30.7 Å². The number of nitrogens with zero attached hydrogens (tertiary/aromatic N) is 2. The van der Waals surface area contributed by atoms with E-state index in [4.69, 9.17) is 14.9 Å². The zero-order valence-electron chi connectivity index (χ0n) is 21.3. The van der Waals surface area contributed by atoms with E-state index in [-0.39, 0.29) is 11.6 Å². The lowest BCUT2D eigenvalue weighted by Gasteiger charge is -2.20. The van der Waals surface area contributed by atoms with Gasteiger partial charge in [0.15, 0.2) is 0 Å². The van der Waals surface area contributed by atoms with Crippen LogP contribution in [0.3, 0.4) is 0 Å². The van der Waals surface area contributed by atoms with Gasteiger partial charge in [-0.2, -0.15) is 0 Å². The number of carbonyl (C=O) groups excluding carboxylic acids is 2. The maximum absolute atomic E-state index is 11.9. The van der Waals surface area contributed by atoms with Gasteiger partial charge in [0.05, 0.1) is 11.4 Å². The van der Waals surface area contributed by atoms with Crippen molar-refractivity contribution in [3.8, 4) is 11.3 Å². The molecule has 188 valence electrons. The quantitative estimate of drug-likeness (QED) is 0.412. The summed E-state index contributed by atoms with van der Waals surface area (Å²) in [5, 5.41) is 15.7. The summed E-state index contributed by atoms with van der Waals surface area (Å²) in [7, 11) is 0. The van der Waals surface area contributed by atoms with Crippen molar-refractivity contribution in [3.05, 3.63) is 53.5 Å². The molecule has 10 nitrogen and oxygen atoms in total. The van der Waals surface area contributed by atoms with Crippen LogP contribution in [-0.4, -0.2) is 39.6 Å². The van der Waals surface area contributed by atoms with Crippen molar-refractivity contribution in [2.45, 2.75) is 66.2 Å². The van der Waals surface area contributed by atoms with Crippen molar-refractivity contribution >= 4 is 24.3 Å². The normalized spacial score (nSPS) is 11.9. The number of ether oxygens (including phenoxy) is 2. The van der Waals surface area contributed by atoms with Gasteiger partial charge in [-0.15, -0.1) is 0 Å². The fourth-order valence-corrected chi connectivity index (χ4v) is 2.80. The van der Waals surface area contributed by atoms with Crippen LogP contribution in [0, 0.1) is 12.3 Å². The molecule has 0 aliphatic rings. The summed E-state index contributed by atoms with van der Waals surface area (Å²) in [6.45, 7) is 13.0. The van der Waals surface area contributed by atoms with Gasteiger partial charge >= 0.3 is 12.2 Å². The number of hydrogen-bond acceptors (Lipinski definition) is 8. The van der Waals surface area contributed by atoms with Gasteiger partial charge in [0.1, 0.15) is 11.2 Å². The smallest absolute Gasteiger partial charge is 0.411 e. The average molecular weight is 483 g/mol. The van der Waals surface area contributed by atoms with Crippen LogP contribution < -0.4 is 16.0 Å². The first-order chi connectivity index (χ1) is 16.3. The summed E-state index contributed by atoms with van der Waals surface area (Å²) in [4.78, 5) is 32.4. The van der Waals surface area contributed by atoms with Crippen molar-refractivity contribution < 1.29 is 19.1 Å². The molecule has 0 aliphatic heterocycles. The fraction of sp³-hybridized carbons (Fsp3) is 0.400. The second kappa shape index (κ2) is 11.5. The number of nitrogens with one attached hydrogen (secondary N) is 4. The van der Waals surface area contributed by atoms with Gasteiger partial charge in [-0.1, -0.05) is 12.1 Å². The molecule has 1 aromatic carbocycles. The topological polar surface area (TPSA) is 138 Å². The lowest BCUT2D eigenvalue weighted by Crippen LogP contribution is -2.32. The molecule has 35 heavy (non-hydrogen) atoms. The Labute approximate surface area is 206 Å². The molecule has 0 atom stereocenters. The van der Waals surface area contributed by atoms with Crippen molar-refractivity contribution in [2.75, 3.05) is 5.32 Å². The molecule has 0 spiro atoms. The Bertz CT molecular complexity index is 1100. The van der Waals surface area contributed by atoms with E-state index < -0.39 is 23.4 Å². The van der Waals surface area contributed by atoms with E-state index in [1.165, 1.54) is 6.20 Å². The van der Waals surface area contributed by atoms with E-state index in [9.17, 15) is 9.59 Å². The van der Waals surface area contributed by atoms with Crippen LogP contribution in [0.25, 0.3) is 11.3 Å². The molecule has 2 aromatic rings. The SMILES string of the molecule is Cc1cc(-c2ccnc(N/C(C=N)=C/NC(=O)OC(C)(C)C)n2)ccc1CNC(=O)OC(C)(C)C. The van der Waals surface area contributed by atoms with E-state index in [0.717, 1.165) is 22.9 Å². The molecule has 1 aromatic heterocycles. The highest BCUT2D eigenvalue weighted by Gasteiger charge is 2.17. The first-order valence-corrected chi connectivity index (χ1v) is 11.1. The molecule has 0 bridgehead atoms. The predicted molar refractivity (Wildman–Crippen MR) is 135 cm³/mol. The summed E-state index contributed by atoms with van der Waals surface area (Å²) >= 11 is 0. The monoisotopic (exact) mass is 482 g/mol. The third-order valence-electron chi connectivity index (χ3n) is 4.27. The molecule has 0 radical (unpaired) electrons. The van der Waals surface area contributed by atoms with Gasteiger partial charge in [0.2, 0.25) is 5.95 Å². The largest absolute Gasteiger partial charge is 0.444 e. The lowest BCUT2D eigenvalue weighted by molar-refractivity contribution is 0.0519. The van der Waals surface area contributed by atoms with Gasteiger partial charge in [-0.3, -0.25) is 5.32 Å². The third-order valence-corrected chi connectivity index (χ3v) is 4.27. The number of hydrogen-bond donors (Lipinski definition) is 4. The molecule has 0 aliphatic carbocycles. The number of carbonyl (C=O) groups is 2. The van der Waals surface area contributed by atoms with Crippen LogP contribution in [0.4, 0.5) is 15.5 Å². The molecule has 10 heteroatoms. The minimum absolute atomic E-state index is 0.261. The molecule has 2 amide bonds. The number of benzene rings is 1. The Kier molecular flexibility index (Phi) is 8.93. The predicted octanol–water partition coefficient (Wildman–Crippen LogP) is 4.90. The highest BCUT2D eigenvalue weighted by molar-refractivity contribution is 5.81. The highest BCUT2D eigenvalue weighted by atomic mass is 16.6. The zero-order valence-corrected chi connectivity index (χ0v) is 21.3. The standard InChI is InChI=1S/C25H34N6O4/c1-16-12-17(8-9-18(16)14-28-22(32)34-24(2,3)4)20-10-11-27-21(31-20)30-19(13-26)15-29-23(33)35-25(5,6)7/h8-13,15,26H,14H2,1-7H3,(H,28,32)(H,29,33)(H,27,30,31)/b19-15+,26-13?. The van der Waals surface area contributed by atoms with Gasteiger partial charge in [-0.25, -0.2) is 19.6 Å². The fourth-order valence-electron chi connectivity index (χ4n) is 2.80. The summed E-state index contributed by atoms with van der Waals surface area (Å²) in [5.74, 6) is 0.261. The van der Waals surface area contributed by atoms with Gasteiger partial charge < -0.3 is 25.5 Å². The van der Waals surface area contributed by atoms with E-state index in [1.54, 1.807) is 33.0 Å². The molecule has 0 fully saturated rings. The van der Waals surface area contributed by atoms with Crippen LogP contribution in [0.2, 0.25) is 0 Å². The third kappa shape index (κ3) is 9.83. The first kappa shape index (κ1) is 27.3. The minimum atomic E-state index is -0.634. The van der Waals surface area contributed by atoms with E-state index >= 15 is 0 Å². The molecular weight excluding hydrogens is 448 g/mol. The summed E-state index contributed by atoms with van der Waals surface area (Å²) in [6.07, 6.45) is 2.84. The molecular formula is C25H34N6O4. The van der Waals surface area contributed by atoms with E-state index in [2.05, 4.69) is 25.9 Å². The second-order valence-corrected chi connectivity index (χ2v) is 9.78. The van der Waals surface area contributed by atoms with E-state index in [0.29, 0.717) is 12.2 Å². The maximum Gasteiger partial charge on any atom is 0.411 e. The number of amides is 2. The molecule has 2 rings (SSSR count). The zero-order chi connectivity index (χ0) is 26.2. The minimum Gasteiger partial charge on any atom is -0.444 e. The molecule has 4 N–H and O–H groups in total. The summed E-state index contributed by atoms with van der Waals surface area (Å²) in [5.41, 5.74) is 2.55. The molecule has 1 heterocycles. The van der Waals surface area contributed by atoms with Crippen LogP contribution >= 0.6 is 0 Å². The Morgan fingerprint density at radius 1 is 1.03 bits per heavy atom. The summed E-state index contributed by atoms with van der Waals surface area (Å²) in [6, 6.07) is 7.56. The number of anilines is 1. The lowest BCUT2D eigenvalue weighted by atomic mass is 10.0. The van der Waals surface area contributed by atoms with Crippen molar-refractivity contribution in [1.29, 1.82) is 5.41 Å². The number of aryl methyl sites for hydroxylation is 1. The van der Waals surface area contributed by atoms with E-state index in [1.807, 2.05) is 45.9 Å². The van der Waals surface area contributed by atoms with Crippen molar-refractivity contribution in [3.63, 3.8) is 0 Å². The Hall–Kier alpha value is -3.95. The average Bonchev–Trinajstić information content (AvgIpc) is 2.73. The number of alkyl carbamates (subject to hydrolysis) is 2. The molecule has 0 unspecified atom stereocenters. The number of allylic oxidation sites excluding steroid dienone is 1. The molecule has 0 saturated heterocycles. The van der Waals surface area contributed by atoms with Crippen LogP contribution in [0.1, 0.15) is 52.7 Å². The maximum atomic E-state index is 11.9. The first-order valence-electron chi connectivity index (χ1n) is 11.1. The number of aromatic nitrogens is 2. The van der Waals surface area contributed by atoms with Crippen LogP contribution in [-0.2, 0) is 16.0 Å². The van der Waals surface area contributed by atoms with Crippen molar-refractivity contribution in [2.24, 2.45) is 0 Å². The summed E-state index contributed by atoms with van der Waals surface area (Å²) < 4.78 is 10.4. The Balaban J connectivity index is 2.08. The van der Waals surface area contributed by atoms with Crippen LogP contribution in [0.15, 0.2) is 42.4 Å². The van der Waals surface area contributed by atoms with Gasteiger partial charge in [0.25, 0.3) is 0 Å². The second-order valence-electron chi connectivity index (χ2n) is 9.78. The highest BCUT2D eigenvalue weighted by Crippen LogP contribution is 2.22. The van der Waals surface area contributed by atoms with Crippen molar-refractivity contribution in [1.82, 2.24) is 20.6 Å². The Morgan fingerprint density at radius 2 is 1.69 bits per heavy atom.